The molecule has 0 aliphatic rings. The number of anilines is 1. The summed E-state index contributed by atoms with van der Waals surface area (Å²) < 4.78 is 10.9. The van der Waals surface area contributed by atoms with Crippen LogP contribution in [0.2, 0.25) is 0 Å². The highest BCUT2D eigenvalue weighted by Gasteiger charge is 2.14. The van der Waals surface area contributed by atoms with Gasteiger partial charge >= 0.3 is 0 Å². The van der Waals surface area contributed by atoms with Crippen molar-refractivity contribution < 1.29 is 13.7 Å². The van der Waals surface area contributed by atoms with Crippen LogP contribution in [0.15, 0.2) is 56.6 Å². The summed E-state index contributed by atoms with van der Waals surface area (Å²) in [6.07, 6.45) is 0.623. The maximum atomic E-state index is 12.4. The number of hydrogen-bond acceptors (Lipinski definition) is 8. The van der Waals surface area contributed by atoms with Crippen molar-refractivity contribution in [2.75, 3.05) is 5.32 Å². The Morgan fingerprint density at radius 2 is 1.81 bits per heavy atom. The summed E-state index contributed by atoms with van der Waals surface area (Å²) in [7, 11) is 0. The fourth-order valence-corrected chi connectivity index (χ4v) is 3.95. The van der Waals surface area contributed by atoms with Crippen molar-refractivity contribution in [1.82, 2.24) is 20.3 Å². The first kappa shape index (κ1) is 21.8. The summed E-state index contributed by atoms with van der Waals surface area (Å²) in [4.78, 5) is 16.7. The predicted octanol–water partition coefficient (Wildman–Crippen LogP) is 4.91. The Kier molecular flexibility index (Phi) is 6.65. The van der Waals surface area contributed by atoms with E-state index in [4.69, 9.17) is 8.94 Å². The minimum atomic E-state index is -0.0894. The molecule has 1 amide bonds. The van der Waals surface area contributed by atoms with E-state index >= 15 is 0 Å². The van der Waals surface area contributed by atoms with Gasteiger partial charge in [-0.2, -0.15) is 4.98 Å². The number of rotatable bonds is 8. The monoisotopic (exact) mass is 449 g/mol. The molecule has 0 atom stereocenters. The van der Waals surface area contributed by atoms with Gasteiger partial charge in [-0.15, -0.1) is 10.2 Å². The van der Waals surface area contributed by atoms with Crippen LogP contribution >= 0.6 is 11.8 Å². The van der Waals surface area contributed by atoms with E-state index in [1.54, 1.807) is 0 Å². The van der Waals surface area contributed by atoms with E-state index in [1.165, 1.54) is 17.3 Å². The van der Waals surface area contributed by atoms with Gasteiger partial charge in [0.25, 0.3) is 5.22 Å². The number of aryl methyl sites for hydroxylation is 4. The third kappa shape index (κ3) is 5.42. The Labute approximate surface area is 189 Å². The molecule has 0 saturated heterocycles. The molecule has 32 heavy (non-hydrogen) atoms. The molecule has 2 aromatic carbocycles. The molecule has 0 unspecified atom stereocenters. The van der Waals surface area contributed by atoms with Crippen LogP contribution in [0.5, 0.6) is 0 Å². The topological polar surface area (TPSA) is 107 Å². The van der Waals surface area contributed by atoms with Gasteiger partial charge in [0.15, 0.2) is 5.82 Å². The normalized spacial score (nSPS) is 11.0. The fraction of sp³-hybridized carbons (Fsp3) is 0.261. The lowest BCUT2D eigenvalue weighted by Gasteiger charge is -2.12. The van der Waals surface area contributed by atoms with Crippen molar-refractivity contribution in [3.05, 3.63) is 70.9 Å². The number of benzene rings is 2. The van der Waals surface area contributed by atoms with E-state index < -0.39 is 0 Å². The number of thioether (sulfide) groups is 1. The van der Waals surface area contributed by atoms with Crippen LogP contribution in [0.4, 0.5) is 5.69 Å². The second kappa shape index (κ2) is 9.78. The second-order valence-electron chi connectivity index (χ2n) is 7.45. The molecular formula is C23H23N5O3S. The van der Waals surface area contributed by atoms with Crippen LogP contribution in [-0.4, -0.2) is 26.2 Å². The molecule has 2 aromatic heterocycles. The van der Waals surface area contributed by atoms with Crippen molar-refractivity contribution in [1.29, 1.82) is 0 Å². The van der Waals surface area contributed by atoms with Gasteiger partial charge in [0.1, 0.15) is 0 Å². The average molecular weight is 450 g/mol. The highest BCUT2D eigenvalue weighted by atomic mass is 32.2. The van der Waals surface area contributed by atoms with E-state index in [-0.39, 0.29) is 12.3 Å². The van der Waals surface area contributed by atoms with Crippen LogP contribution in [0, 0.1) is 20.8 Å². The van der Waals surface area contributed by atoms with E-state index in [0.29, 0.717) is 35.0 Å². The lowest BCUT2D eigenvalue weighted by atomic mass is 10.0. The SMILES string of the molecule is Cc1cc(C)c(NC(=O)CCc2nc(CSc3nnc(-c4ccccc4)o3)no2)c(C)c1. The lowest BCUT2D eigenvalue weighted by molar-refractivity contribution is -0.116. The molecule has 0 bridgehead atoms. The Balaban J connectivity index is 1.27. The highest BCUT2D eigenvalue weighted by molar-refractivity contribution is 7.98. The summed E-state index contributed by atoms with van der Waals surface area (Å²) in [6.45, 7) is 6.02. The van der Waals surface area contributed by atoms with Crippen LogP contribution in [0.3, 0.4) is 0 Å². The molecular weight excluding hydrogens is 426 g/mol. The number of amides is 1. The zero-order chi connectivity index (χ0) is 22.5. The second-order valence-corrected chi connectivity index (χ2v) is 8.38. The third-order valence-electron chi connectivity index (χ3n) is 4.77. The van der Waals surface area contributed by atoms with Gasteiger partial charge in [0.05, 0.1) is 5.75 Å². The number of nitrogens with one attached hydrogen (secondary N) is 1. The van der Waals surface area contributed by atoms with Crippen molar-refractivity contribution in [3.63, 3.8) is 0 Å². The largest absolute Gasteiger partial charge is 0.411 e. The van der Waals surface area contributed by atoms with Gasteiger partial charge in [-0.3, -0.25) is 4.79 Å². The number of nitrogens with zero attached hydrogens (tertiary/aromatic N) is 4. The first-order valence-electron chi connectivity index (χ1n) is 10.2. The standard InChI is InChI=1S/C23H23N5O3S/c1-14-11-15(2)21(16(3)12-14)25-19(29)9-10-20-24-18(28-31-20)13-32-23-27-26-22(30-23)17-7-5-4-6-8-17/h4-8,11-12H,9-10,13H2,1-3H3,(H,25,29). The van der Waals surface area contributed by atoms with Crippen LogP contribution in [0.25, 0.3) is 11.5 Å². The maximum absolute atomic E-state index is 12.4. The minimum absolute atomic E-state index is 0.0894. The molecule has 0 fully saturated rings. The molecule has 8 nitrogen and oxygen atoms in total. The van der Waals surface area contributed by atoms with Gasteiger partial charge in [0.2, 0.25) is 17.7 Å². The molecule has 0 aliphatic carbocycles. The highest BCUT2D eigenvalue weighted by Crippen LogP contribution is 2.25. The molecule has 4 aromatic rings. The van der Waals surface area contributed by atoms with Crippen molar-refractivity contribution in [2.24, 2.45) is 0 Å². The lowest BCUT2D eigenvalue weighted by Crippen LogP contribution is -2.14. The molecule has 4 rings (SSSR count). The third-order valence-corrected chi connectivity index (χ3v) is 5.58. The summed E-state index contributed by atoms with van der Waals surface area (Å²) >= 11 is 1.33. The van der Waals surface area contributed by atoms with E-state index in [2.05, 4.69) is 37.8 Å². The number of aromatic nitrogens is 4. The maximum Gasteiger partial charge on any atom is 0.277 e. The van der Waals surface area contributed by atoms with Gasteiger partial charge in [-0.25, -0.2) is 0 Å². The predicted molar refractivity (Wildman–Crippen MR) is 121 cm³/mol. The first-order valence-corrected chi connectivity index (χ1v) is 11.2. The Bertz CT molecular complexity index is 1200. The number of hydrogen-bond donors (Lipinski definition) is 1. The fourth-order valence-electron chi connectivity index (χ4n) is 3.34. The molecule has 0 spiro atoms. The average Bonchev–Trinajstić information content (AvgIpc) is 3.43. The number of carbonyl (C=O) groups excluding carboxylic acids is 1. The van der Waals surface area contributed by atoms with Crippen LogP contribution < -0.4 is 5.32 Å². The zero-order valence-corrected chi connectivity index (χ0v) is 18.9. The van der Waals surface area contributed by atoms with E-state index in [0.717, 1.165) is 22.4 Å². The molecule has 0 radical (unpaired) electrons. The first-order chi connectivity index (χ1) is 15.5. The molecule has 1 N–H and O–H groups in total. The summed E-state index contributed by atoms with van der Waals surface area (Å²) in [5.41, 5.74) is 4.99. The van der Waals surface area contributed by atoms with Crippen molar-refractivity contribution >= 4 is 23.4 Å². The molecule has 164 valence electrons. The van der Waals surface area contributed by atoms with Crippen molar-refractivity contribution in [2.45, 2.75) is 44.6 Å². The zero-order valence-electron chi connectivity index (χ0n) is 18.1. The summed E-state index contributed by atoms with van der Waals surface area (Å²) in [5.74, 6) is 1.73. The van der Waals surface area contributed by atoms with Gasteiger partial charge in [-0.1, -0.05) is 52.8 Å². The summed E-state index contributed by atoms with van der Waals surface area (Å²) in [6, 6.07) is 13.7. The number of carbonyl (C=O) groups is 1. The Morgan fingerprint density at radius 3 is 2.56 bits per heavy atom. The van der Waals surface area contributed by atoms with Crippen LogP contribution in [-0.2, 0) is 17.0 Å². The molecule has 0 aliphatic heterocycles. The molecule has 0 saturated carbocycles. The van der Waals surface area contributed by atoms with Gasteiger partial charge in [0, 0.05) is 24.1 Å². The van der Waals surface area contributed by atoms with Crippen molar-refractivity contribution in [3.8, 4) is 11.5 Å². The van der Waals surface area contributed by atoms with E-state index in [1.807, 2.05) is 51.1 Å². The van der Waals surface area contributed by atoms with Gasteiger partial charge < -0.3 is 14.3 Å². The smallest absolute Gasteiger partial charge is 0.277 e. The van der Waals surface area contributed by atoms with Gasteiger partial charge in [-0.05, 0) is 44.0 Å². The Hall–Kier alpha value is -3.46. The summed E-state index contributed by atoms with van der Waals surface area (Å²) in [5, 5.41) is 15.5. The van der Waals surface area contributed by atoms with E-state index in [9.17, 15) is 4.79 Å². The minimum Gasteiger partial charge on any atom is -0.411 e. The molecule has 2 heterocycles. The molecule has 9 heteroatoms. The van der Waals surface area contributed by atoms with Crippen LogP contribution in [0.1, 0.15) is 34.8 Å². The quantitative estimate of drug-likeness (QED) is 0.378. The Morgan fingerprint density at radius 1 is 1.06 bits per heavy atom.